The molecular weight excluding hydrogens is 486 g/mol. The summed E-state index contributed by atoms with van der Waals surface area (Å²) in [5.74, 6) is -2.02. The number of benzene rings is 1. The van der Waals surface area contributed by atoms with Gasteiger partial charge < -0.3 is 25.3 Å². The van der Waals surface area contributed by atoms with Gasteiger partial charge in [-0.1, -0.05) is 17.8 Å². The molecule has 3 aromatic rings. The molecule has 184 valence electrons. The molecule has 0 unspecified atom stereocenters. The third-order valence-corrected chi connectivity index (χ3v) is 4.83. The number of methoxy groups -OCH3 is 1. The van der Waals surface area contributed by atoms with Crippen LogP contribution in [-0.2, 0) is 10.5 Å². The number of alkyl halides is 3. The van der Waals surface area contributed by atoms with E-state index in [9.17, 15) is 27.5 Å². The quantitative estimate of drug-likeness (QED) is 0.214. The van der Waals surface area contributed by atoms with Gasteiger partial charge in [0.1, 0.15) is 17.1 Å². The molecule has 0 radical (unpaired) electrons. The van der Waals surface area contributed by atoms with Crippen LogP contribution in [0.4, 0.5) is 23.4 Å². The molecule has 0 aliphatic rings. The fourth-order valence-electron chi connectivity index (χ4n) is 2.27. The van der Waals surface area contributed by atoms with Gasteiger partial charge in [-0.25, -0.2) is 24.1 Å². The topological polar surface area (TPSA) is 150 Å². The summed E-state index contributed by atoms with van der Waals surface area (Å²) < 4.78 is 50.8. The van der Waals surface area contributed by atoms with Crippen molar-refractivity contribution in [1.82, 2.24) is 19.9 Å². The van der Waals surface area contributed by atoms with Crippen molar-refractivity contribution in [2.24, 2.45) is 0 Å². The molecule has 3 rings (SSSR count). The Bertz CT molecular complexity index is 1210. The minimum absolute atomic E-state index is 0.103. The molecule has 10 nitrogen and oxygen atoms in total. The van der Waals surface area contributed by atoms with Crippen molar-refractivity contribution >= 4 is 34.7 Å². The smallest absolute Gasteiger partial charge is 0.490 e. The van der Waals surface area contributed by atoms with E-state index in [4.69, 9.17) is 14.6 Å². The van der Waals surface area contributed by atoms with Crippen LogP contribution < -0.4 is 15.6 Å². The number of thioether (sulfide) groups is 1. The number of aliphatic carboxylic acids is 1. The number of nitrogens with one attached hydrogen (secondary N) is 2. The Balaban J connectivity index is 0.000000509. The number of ether oxygens (including phenoxy) is 1. The van der Waals surface area contributed by atoms with Crippen LogP contribution in [0.2, 0.25) is 0 Å². The van der Waals surface area contributed by atoms with Crippen LogP contribution in [0.5, 0.6) is 5.75 Å². The van der Waals surface area contributed by atoms with Crippen LogP contribution in [-0.4, -0.2) is 62.1 Å². The number of aliphatic hydroxyl groups is 1. The summed E-state index contributed by atoms with van der Waals surface area (Å²) in [7, 11) is 1.48. The molecule has 0 spiro atoms. The number of anilines is 1. The molecule has 0 saturated carbocycles. The lowest BCUT2D eigenvalue weighted by molar-refractivity contribution is -0.192. The first-order chi connectivity index (χ1) is 15.9. The average Bonchev–Trinajstić information content (AvgIpc) is 2.77. The molecule has 2 heterocycles. The van der Waals surface area contributed by atoms with E-state index in [1.807, 2.05) is 0 Å². The number of fused-ring (bicyclic) bond motifs is 1. The second-order valence-corrected chi connectivity index (χ2v) is 7.52. The zero-order chi connectivity index (χ0) is 25.5. The zero-order valence-corrected chi connectivity index (χ0v) is 18.5. The summed E-state index contributed by atoms with van der Waals surface area (Å²) in [6.45, 7) is 1.67. The van der Waals surface area contributed by atoms with Crippen molar-refractivity contribution in [2.75, 3.05) is 19.0 Å². The average molecular weight is 505 g/mol. The molecule has 0 aliphatic carbocycles. The third kappa shape index (κ3) is 7.55. The fraction of sp³-hybridized carbons (Fsp3) is 0.316. The van der Waals surface area contributed by atoms with Crippen molar-refractivity contribution in [3.05, 3.63) is 46.1 Å². The van der Waals surface area contributed by atoms with E-state index >= 15 is 0 Å². The van der Waals surface area contributed by atoms with Crippen LogP contribution in [0.15, 0.2) is 34.3 Å². The van der Waals surface area contributed by atoms with Crippen LogP contribution in [0.25, 0.3) is 11.2 Å². The molecule has 1 aromatic carbocycles. The largest absolute Gasteiger partial charge is 0.497 e. The minimum atomic E-state index is -5.08. The first kappa shape index (κ1) is 26.8. The molecule has 0 aliphatic heterocycles. The molecule has 15 heteroatoms. The summed E-state index contributed by atoms with van der Waals surface area (Å²) >= 11 is 1.22. The fourth-order valence-corrected chi connectivity index (χ4v) is 3.10. The summed E-state index contributed by atoms with van der Waals surface area (Å²) in [4.78, 5) is 35.8. The highest BCUT2D eigenvalue weighted by Crippen LogP contribution is 2.26. The Morgan fingerprint density at radius 1 is 1.32 bits per heavy atom. The van der Waals surface area contributed by atoms with E-state index in [-0.39, 0.29) is 29.7 Å². The van der Waals surface area contributed by atoms with Gasteiger partial charge in [-0.05, 0) is 18.6 Å². The molecule has 0 saturated heterocycles. The monoisotopic (exact) mass is 505 g/mol. The molecular formula is C19H19F4N5O5S. The number of carboxylic acid groups (broad SMARTS) is 1. The normalized spacial score (nSPS) is 12.0. The van der Waals surface area contributed by atoms with Gasteiger partial charge in [0.25, 0.3) is 5.56 Å². The molecule has 0 bridgehead atoms. The van der Waals surface area contributed by atoms with E-state index < -0.39 is 12.1 Å². The molecule has 34 heavy (non-hydrogen) atoms. The SMILES string of the molecule is COc1ccc(CSc2nc(N[C@H](C)CO)c3ncc(=O)[nH]c3n2)c(F)c1.O=C(O)C(F)(F)F. The summed E-state index contributed by atoms with van der Waals surface area (Å²) in [5.41, 5.74) is 0.736. The minimum Gasteiger partial charge on any atom is -0.497 e. The molecule has 4 N–H and O–H groups in total. The first-order valence-electron chi connectivity index (χ1n) is 9.34. The number of carbonyl (C=O) groups is 1. The van der Waals surface area contributed by atoms with E-state index in [1.165, 1.54) is 24.9 Å². The van der Waals surface area contributed by atoms with Gasteiger partial charge in [0.05, 0.1) is 19.9 Å². The number of nitrogens with zero attached hydrogens (tertiary/aromatic N) is 3. The van der Waals surface area contributed by atoms with Gasteiger partial charge in [0.15, 0.2) is 16.6 Å². The van der Waals surface area contributed by atoms with Crippen LogP contribution in [0.3, 0.4) is 0 Å². The number of rotatable bonds is 7. The van der Waals surface area contributed by atoms with Gasteiger partial charge >= 0.3 is 12.1 Å². The Kier molecular flexibility index (Phi) is 9.14. The van der Waals surface area contributed by atoms with Gasteiger partial charge in [0, 0.05) is 17.9 Å². The number of aromatic nitrogens is 4. The standard InChI is InChI=1S/C17H18FN5O3S.C2HF3O2/c1-9(7-24)20-15-14-16(21-13(25)6-19-14)23-17(22-15)27-8-10-3-4-11(26-2)5-12(10)18;3-2(4,5)1(6)7/h3-6,9,24H,7-8H2,1-2H3,(H2,20,21,22,23,25);(H,6,7)/t9-;/m1./s1. The maximum atomic E-state index is 14.1. The van der Waals surface area contributed by atoms with Crippen LogP contribution in [0, 0.1) is 5.82 Å². The summed E-state index contributed by atoms with van der Waals surface area (Å²) in [5, 5.41) is 19.8. The Morgan fingerprint density at radius 3 is 2.56 bits per heavy atom. The van der Waals surface area contributed by atoms with Crippen LogP contribution in [0.1, 0.15) is 12.5 Å². The predicted molar refractivity (Wildman–Crippen MR) is 114 cm³/mol. The van der Waals surface area contributed by atoms with Crippen LogP contribution >= 0.6 is 11.8 Å². The number of halogens is 4. The lowest BCUT2D eigenvalue weighted by atomic mass is 10.2. The zero-order valence-electron chi connectivity index (χ0n) is 17.7. The number of carboxylic acids is 1. The van der Waals surface area contributed by atoms with E-state index in [0.717, 1.165) is 6.20 Å². The van der Waals surface area contributed by atoms with Crippen molar-refractivity contribution in [3.8, 4) is 5.75 Å². The van der Waals surface area contributed by atoms with E-state index in [2.05, 4.69) is 25.3 Å². The highest BCUT2D eigenvalue weighted by molar-refractivity contribution is 7.98. The Labute approximate surface area is 193 Å². The third-order valence-electron chi connectivity index (χ3n) is 3.93. The molecule has 1 atom stereocenters. The van der Waals surface area contributed by atoms with Gasteiger partial charge in [-0.15, -0.1) is 0 Å². The summed E-state index contributed by atoms with van der Waals surface area (Å²) in [6, 6.07) is 4.36. The second-order valence-electron chi connectivity index (χ2n) is 6.58. The van der Waals surface area contributed by atoms with Gasteiger partial charge in [-0.3, -0.25) is 4.79 Å². The lowest BCUT2D eigenvalue weighted by Crippen LogP contribution is -2.21. The Morgan fingerprint density at radius 2 is 2.00 bits per heavy atom. The molecule has 0 fully saturated rings. The van der Waals surface area contributed by atoms with Crippen molar-refractivity contribution in [2.45, 2.75) is 30.1 Å². The summed E-state index contributed by atoms with van der Waals surface area (Å²) in [6.07, 6.45) is -3.94. The number of H-pyrrole nitrogens is 1. The predicted octanol–water partition coefficient (Wildman–Crippen LogP) is 2.58. The number of aromatic amines is 1. The van der Waals surface area contributed by atoms with Crippen molar-refractivity contribution in [3.63, 3.8) is 0 Å². The van der Waals surface area contributed by atoms with Gasteiger partial charge in [0.2, 0.25) is 0 Å². The second kappa shape index (κ2) is 11.6. The van der Waals surface area contributed by atoms with Gasteiger partial charge in [-0.2, -0.15) is 13.2 Å². The maximum Gasteiger partial charge on any atom is 0.490 e. The first-order valence-corrected chi connectivity index (χ1v) is 10.3. The van der Waals surface area contributed by atoms with E-state index in [0.29, 0.717) is 33.6 Å². The molecule has 0 amide bonds. The number of aliphatic hydroxyl groups excluding tert-OH is 1. The lowest BCUT2D eigenvalue weighted by Gasteiger charge is -2.13. The number of hydrogen-bond donors (Lipinski definition) is 4. The van der Waals surface area contributed by atoms with E-state index in [1.54, 1.807) is 19.1 Å². The van der Waals surface area contributed by atoms with Crippen molar-refractivity contribution < 1.29 is 37.3 Å². The highest BCUT2D eigenvalue weighted by atomic mass is 32.2. The van der Waals surface area contributed by atoms with Crippen molar-refractivity contribution in [1.29, 1.82) is 0 Å². The highest BCUT2D eigenvalue weighted by Gasteiger charge is 2.38. The Hall–Kier alpha value is -3.46. The molecule has 2 aromatic heterocycles. The maximum absolute atomic E-state index is 14.1. The number of hydrogen-bond acceptors (Lipinski definition) is 9.